The Morgan fingerprint density at radius 2 is 1.78 bits per heavy atom. The summed E-state index contributed by atoms with van der Waals surface area (Å²) in [6.07, 6.45) is 1.55. The first-order chi connectivity index (χ1) is 12.8. The van der Waals surface area contributed by atoms with Crippen molar-refractivity contribution in [1.29, 1.82) is 0 Å². The number of anilines is 1. The zero-order valence-electron chi connectivity index (χ0n) is 14.8. The van der Waals surface area contributed by atoms with E-state index in [1.165, 1.54) is 28.6 Å². The molecule has 1 saturated heterocycles. The van der Waals surface area contributed by atoms with Crippen LogP contribution >= 0.6 is 0 Å². The van der Waals surface area contributed by atoms with Crippen LogP contribution in [0.25, 0.3) is 0 Å². The second-order valence-electron chi connectivity index (χ2n) is 6.50. The van der Waals surface area contributed by atoms with Crippen molar-refractivity contribution < 1.29 is 17.7 Å². The highest BCUT2D eigenvalue weighted by Crippen LogP contribution is 2.33. The Hall–Kier alpha value is -2.52. The van der Waals surface area contributed by atoms with Crippen LogP contribution in [0.1, 0.15) is 18.4 Å². The Bertz CT molecular complexity index is 942. The van der Waals surface area contributed by atoms with Gasteiger partial charge in [-0.15, -0.1) is 0 Å². The fourth-order valence-corrected chi connectivity index (χ4v) is 4.93. The molecule has 1 heterocycles. The summed E-state index contributed by atoms with van der Waals surface area (Å²) in [7, 11) is -2.14. The number of hydrogen-bond acceptors (Lipinski definition) is 5. The molecule has 144 valence electrons. The van der Waals surface area contributed by atoms with Crippen LogP contribution in [0, 0.1) is 15.9 Å². The largest absolute Gasteiger partial charge is 0.369 e. The average molecular weight is 393 g/mol. The number of hydrogen-bond donors (Lipinski definition) is 0. The molecule has 3 rings (SSSR count). The van der Waals surface area contributed by atoms with E-state index >= 15 is 0 Å². The molecule has 0 aliphatic carbocycles. The second-order valence-corrected chi connectivity index (χ2v) is 8.41. The van der Waals surface area contributed by atoms with E-state index in [1.807, 2.05) is 0 Å². The van der Waals surface area contributed by atoms with E-state index < -0.39 is 14.9 Å². The van der Waals surface area contributed by atoms with Gasteiger partial charge in [-0.05, 0) is 36.6 Å². The maximum Gasteiger partial charge on any atom is 0.270 e. The number of non-ortho nitro benzene ring substituents is 1. The molecule has 2 aromatic rings. The number of benzene rings is 2. The van der Waals surface area contributed by atoms with Gasteiger partial charge in [-0.1, -0.05) is 12.1 Å². The molecule has 1 aliphatic heterocycles. The van der Waals surface area contributed by atoms with Crippen molar-refractivity contribution in [3.63, 3.8) is 0 Å². The molecule has 9 heteroatoms. The third-order valence-corrected chi connectivity index (χ3v) is 6.51. The van der Waals surface area contributed by atoms with E-state index in [-0.39, 0.29) is 16.4 Å². The summed E-state index contributed by atoms with van der Waals surface area (Å²) in [6, 6.07) is 9.76. The lowest BCUT2D eigenvalue weighted by molar-refractivity contribution is -0.385. The lowest BCUT2D eigenvalue weighted by Gasteiger charge is -2.24. The normalized spacial score (nSPS) is 15.0. The van der Waals surface area contributed by atoms with Gasteiger partial charge in [0.2, 0.25) is 10.0 Å². The van der Waals surface area contributed by atoms with Gasteiger partial charge in [0.1, 0.15) is 10.7 Å². The van der Waals surface area contributed by atoms with Gasteiger partial charge in [-0.2, -0.15) is 4.31 Å². The Morgan fingerprint density at radius 3 is 2.37 bits per heavy atom. The molecule has 27 heavy (non-hydrogen) atoms. The molecule has 2 aromatic carbocycles. The van der Waals surface area contributed by atoms with E-state index in [2.05, 4.69) is 0 Å². The number of halogens is 1. The first-order valence-corrected chi connectivity index (χ1v) is 9.97. The molecule has 0 N–H and O–H groups in total. The molecule has 0 spiro atoms. The highest BCUT2D eigenvalue weighted by molar-refractivity contribution is 7.89. The highest BCUT2D eigenvalue weighted by atomic mass is 32.2. The predicted molar refractivity (Wildman–Crippen MR) is 99.6 cm³/mol. The van der Waals surface area contributed by atoms with Gasteiger partial charge in [0.25, 0.3) is 5.69 Å². The average Bonchev–Trinajstić information content (AvgIpc) is 3.18. The maximum absolute atomic E-state index is 13.1. The number of rotatable bonds is 6. The Labute approximate surface area is 157 Å². The van der Waals surface area contributed by atoms with Crippen LogP contribution in [-0.2, 0) is 16.6 Å². The van der Waals surface area contributed by atoms with Crippen LogP contribution in [0.5, 0.6) is 0 Å². The van der Waals surface area contributed by atoms with E-state index in [0.29, 0.717) is 25.3 Å². The molecule has 7 nitrogen and oxygen atoms in total. The van der Waals surface area contributed by atoms with Gasteiger partial charge >= 0.3 is 0 Å². The quantitative estimate of drug-likeness (QED) is 0.556. The number of nitro benzene ring substituents is 1. The third kappa shape index (κ3) is 4.09. The Balaban J connectivity index is 2.00. The van der Waals surface area contributed by atoms with Crippen LogP contribution in [-0.4, -0.2) is 37.8 Å². The Kier molecular flexibility index (Phi) is 5.43. The van der Waals surface area contributed by atoms with Crippen molar-refractivity contribution >= 4 is 21.4 Å². The van der Waals surface area contributed by atoms with Crippen LogP contribution in [0.15, 0.2) is 47.4 Å². The summed E-state index contributed by atoms with van der Waals surface area (Å²) in [5, 5.41) is 11.2. The van der Waals surface area contributed by atoms with Gasteiger partial charge in [0, 0.05) is 38.8 Å². The topological polar surface area (TPSA) is 83.8 Å². The summed E-state index contributed by atoms with van der Waals surface area (Å²) < 4.78 is 40.6. The van der Waals surface area contributed by atoms with Crippen molar-refractivity contribution in [3.05, 3.63) is 64.0 Å². The highest BCUT2D eigenvalue weighted by Gasteiger charge is 2.31. The first kappa shape index (κ1) is 19.2. The lowest BCUT2D eigenvalue weighted by atomic mass is 10.2. The zero-order valence-corrected chi connectivity index (χ0v) is 15.7. The minimum Gasteiger partial charge on any atom is -0.369 e. The minimum absolute atomic E-state index is 0.0804. The third-order valence-electron chi connectivity index (χ3n) is 4.58. The standard InChI is InChI=1S/C18H20FN3O4S/c1-20(13-14-4-6-15(19)7-5-14)17-9-8-16(22(23)24)12-18(17)27(25,26)21-10-2-3-11-21/h4-9,12H,2-3,10-11,13H2,1H3. The molecule has 1 fully saturated rings. The molecular formula is C18H20FN3O4S. The molecule has 0 aromatic heterocycles. The predicted octanol–water partition coefficient (Wildman–Crippen LogP) is 3.15. The second kappa shape index (κ2) is 7.61. The summed E-state index contributed by atoms with van der Waals surface area (Å²) in [5.74, 6) is -0.353. The van der Waals surface area contributed by atoms with Crippen LogP contribution in [0.4, 0.5) is 15.8 Å². The molecule has 0 radical (unpaired) electrons. The lowest BCUT2D eigenvalue weighted by Crippen LogP contribution is -2.30. The van der Waals surface area contributed by atoms with Crippen molar-refractivity contribution in [2.24, 2.45) is 0 Å². The molecule has 0 unspecified atom stereocenters. The smallest absolute Gasteiger partial charge is 0.270 e. The summed E-state index contributed by atoms with van der Waals surface area (Å²) in [4.78, 5) is 12.2. The van der Waals surface area contributed by atoms with Gasteiger partial charge in [-0.25, -0.2) is 12.8 Å². The number of nitrogens with zero attached hydrogens (tertiary/aromatic N) is 3. The monoisotopic (exact) mass is 393 g/mol. The molecule has 0 atom stereocenters. The van der Waals surface area contributed by atoms with Gasteiger partial charge in [-0.3, -0.25) is 10.1 Å². The van der Waals surface area contributed by atoms with Gasteiger partial charge in [0.15, 0.2) is 0 Å². The van der Waals surface area contributed by atoms with Gasteiger partial charge < -0.3 is 4.90 Å². The van der Waals surface area contributed by atoms with Crippen molar-refractivity contribution in [3.8, 4) is 0 Å². The maximum atomic E-state index is 13.1. The fraction of sp³-hybridized carbons (Fsp3) is 0.333. The van der Waals surface area contributed by atoms with Crippen LogP contribution in [0.2, 0.25) is 0 Å². The van der Waals surface area contributed by atoms with Crippen molar-refractivity contribution in [2.45, 2.75) is 24.3 Å². The summed E-state index contributed by atoms with van der Waals surface area (Å²) >= 11 is 0. The van der Waals surface area contributed by atoms with Crippen molar-refractivity contribution in [2.75, 3.05) is 25.0 Å². The van der Waals surface area contributed by atoms with E-state index in [1.54, 1.807) is 24.1 Å². The molecule has 0 amide bonds. The van der Waals surface area contributed by atoms with E-state index in [0.717, 1.165) is 24.5 Å². The van der Waals surface area contributed by atoms with E-state index in [9.17, 15) is 22.9 Å². The summed E-state index contributed by atoms with van der Waals surface area (Å²) in [6.45, 7) is 1.15. The summed E-state index contributed by atoms with van der Waals surface area (Å²) in [5.41, 5.74) is 0.894. The first-order valence-electron chi connectivity index (χ1n) is 8.53. The van der Waals surface area contributed by atoms with Crippen molar-refractivity contribution in [1.82, 2.24) is 4.31 Å². The minimum atomic E-state index is -3.84. The zero-order chi connectivity index (χ0) is 19.6. The number of nitro groups is 1. The number of sulfonamides is 1. The Morgan fingerprint density at radius 1 is 1.15 bits per heavy atom. The molecule has 0 saturated carbocycles. The SMILES string of the molecule is CN(Cc1ccc(F)cc1)c1ccc([N+](=O)[O-])cc1S(=O)(=O)N1CCCC1. The fourth-order valence-electron chi connectivity index (χ4n) is 3.15. The van der Waals surface area contributed by atoms with Gasteiger partial charge in [0.05, 0.1) is 10.6 Å². The molecule has 0 bridgehead atoms. The molecular weight excluding hydrogens is 373 g/mol. The van der Waals surface area contributed by atoms with Crippen LogP contribution in [0.3, 0.4) is 0 Å². The molecule has 1 aliphatic rings. The van der Waals surface area contributed by atoms with E-state index in [4.69, 9.17) is 0 Å². The van der Waals surface area contributed by atoms with Crippen LogP contribution < -0.4 is 4.90 Å².